The normalized spacial score (nSPS) is 26.6. The van der Waals surface area contributed by atoms with Gasteiger partial charge in [0, 0.05) is 0 Å². The number of nitrogens with two attached hydrogens (primary N) is 1. The maximum absolute atomic E-state index is 12.9. The fourth-order valence-corrected chi connectivity index (χ4v) is 3.08. The van der Waals surface area contributed by atoms with Gasteiger partial charge < -0.3 is 10.5 Å². The van der Waals surface area contributed by atoms with Gasteiger partial charge in [0.25, 0.3) is 0 Å². The van der Waals surface area contributed by atoms with E-state index in [0.29, 0.717) is 17.2 Å². The first-order chi connectivity index (χ1) is 9.42. The Morgan fingerprint density at radius 2 is 2.10 bits per heavy atom. The van der Waals surface area contributed by atoms with Gasteiger partial charge in [-0.3, -0.25) is 4.79 Å². The lowest BCUT2D eigenvalue weighted by atomic mass is 9.73. The highest BCUT2D eigenvalue weighted by molar-refractivity contribution is 6.05. The Balaban J connectivity index is 2.28. The molecule has 20 heavy (non-hydrogen) atoms. The molecule has 1 aliphatic rings. The van der Waals surface area contributed by atoms with E-state index in [9.17, 15) is 4.79 Å². The highest BCUT2D eigenvalue weighted by atomic mass is 16.5. The van der Waals surface area contributed by atoms with Crippen LogP contribution in [0.4, 0.5) is 0 Å². The van der Waals surface area contributed by atoms with Gasteiger partial charge >= 0.3 is 0 Å². The van der Waals surface area contributed by atoms with Crippen molar-refractivity contribution in [1.82, 2.24) is 0 Å². The first-order valence-electron chi connectivity index (χ1n) is 7.52. The molecule has 0 heterocycles. The number of carbonyl (C=O) groups excluding carboxylic acids is 1. The SMILES string of the molecule is CC1CCCC(N)(C(=O)c2ccccc2OC(C)C)C1. The van der Waals surface area contributed by atoms with Crippen LogP contribution in [0.15, 0.2) is 24.3 Å². The monoisotopic (exact) mass is 275 g/mol. The molecule has 0 bridgehead atoms. The Hall–Kier alpha value is -1.35. The quantitative estimate of drug-likeness (QED) is 0.855. The molecule has 3 nitrogen and oxygen atoms in total. The minimum Gasteiger partial charge on any atom is -0.490 e. The van der Waals surface area contributed by atoms with E-state index >= 15 is 0 Å². The maximum atomic E-state index is 12.9. The van der Waals surface area contributed by atoms with Crippen LogP contribution in [0, 0.1) is 5.92 Å². The molecule has 2 N–H and O–H groups in total. The summed E-state index contributed by atoms with van der Waals surface area (Å²) in [5, 5.41) is 0. The summed E-state index contributed by atoms with van der Waals surface area (Å²) in [6, 6.07) is 7.44. The second-order valence-electron chi connectivity index (χ2n) is 6.35. The van der Waals surface area contributed by atoms with Crippen molar-refractivity contribution in [2.24, 2.45) is 11.7 Å². The number of hydrogen-bond acceptors (Lipinski definition) is 3. The topological polar surface area (TPSA) is 52.3 Å². The van der Waals surface area contributed by atoms with E-state index in [1.165, 1.54) is 0 Å². The summed E-state index contributed by atoms with van der Waals surface area (Å²) in [4.78, 5) is 12.9. The lowest BCUT2D eigenvalue weighted by Gasteiger charge is -2.35. The van der Waals surface area contributed by atoms with Gasteiger partial charge in [0.2, 0.25) is 0 Å². The molecular weight excluding hydrogens is 250 g/mol. The molecule has 0 radical (unpaired) electrons. The summed E-state index contributed by atoms with van der Waals surface area (Å²) < 4.78 is 5.75. The van der Waals surface area contributed by atoms with Gasteiger partial charge in [-0.15, -0.1) is 0 Å². The van der Waals surface area contributed by atoms with E-state index in [2.05, 4.69) is 6.92 Å². The van der Waals surface area contributed by atoms with Crippen molar-refractivity contribution in [1.29, 1.82) is 0 Å². The number of benzene rings is 1. The Morgan fingerprint density at radius 3 is 2.75 bits per heavy atom. The van der Waals surface area contributed by atoms with Crippen molar-refractivity contribution in [3.8, 4) is 5.75 Å². The van der Waals surface area contributed by atoms with Crippen molar-refractivity contribution in [3.63, 3.8) is 0 Å². The molecule has 0 spiro atoms. The van der Waals surface area contributed by atoms with Crippen LogP contribution in [0.1, 0.15) is 56.8 Å². The van der Waals surface area contributed by atoms with E-state index in [0.717, 1.165) is 25.7 Å². The zero-order valence-electron chi connectivity index (χ0n) is 12.7. The van der Waals surface area contributed by atoms with Crippen LogP contribution < -0.4 is 10.5 Å². The molecular formula is C17H25NO2. The number of rotatable bonds is 4. The van der Waals surface area contributed by atoms with Gasteiger partial charge in [-0.1, -0.05) is 31.9 Å². The van der Waals surface area contributed by atoms with Gasteiger partial charge in [0.05, 0.1) is 17.2 Å². The smallest absolute Gasteiger partial charge is 0.186 e. The summed E-state index contributed by atoms with van der Waals surface area (Å²) in [5.41, 5.74) is 6.31. The van der Waals surface area contributed by atoms with Crippen molar-refractivity contribution in [2.75, 3.05) is 0 Å². The Kier molecular flexibility index (Phi) is 4.48. The van der Waals surface area contributed by atoms with E-state index in [1.54, 1.807) is 0 Å². The van der Waals surface area contributed by atoms with Crippen LogP contribution in [0.5, 0.6) is 5.75 Å². The molecule has 1 saturated carbocycles. The molecule has 2 atom stereocenters. The number of carbonyl (C=O) groups is 1. The van der Waals surface area contributed by atoms with Crippen LogP contribution in [0.3, 0.4) is 0 Å². The van der Waals surface area contributed by atoms with Crippen molar-refractivity contribution >= 4 is 5.78 Å². The Morgan fingerprint density at radius 1 is 1.40 bits per heavy atom. The van der Waals surface area contributed by atoms with E-state index in [4.69, 9.17) is 10.5 Å². The highest BCUT2D eigenvalue weighted by Crippen LogP contribution is 2.34. The first kappa shape index (κ1) is 15.0. The van der Waals surface area contributed by atoms with Gasteiger partial charge in [-0.25, -0.2) is 0 Å². The van der Waals surface area contributed by atoms with Crippen LogP contribution in [-0.4, -0.2) is 17.4 Å². The zero-order valence-corrected chi connectivity index (χ0v) is 12.7. The zero-order chi connectivity index (χ0) is 14.8. The molecule has 1 aromatic carbocycles. The summed E-state index contributed by atoms with van der Waals surface area (Å²) in [7, 11) is 0. The Labute approximate surface area is 121 Å². The third-order valence-corrected chi connectivity index (χ3v) is 3.98. The Bertz CT molecular complexity index is 484. The molecule has 110 valence electrons. The molecule has 1 aromatic rings. The number of hydrogen-bond donors (Lipinski definition) is 1. The third kappa shape index (κ3) is 3.21. The summed E-state index contributed by atoms with van der Waals surface area (Å²) in [5.74, 6) is 1.19. The number of ketones is 1. The predicted octanol–water partition coefficient (Wildman–Crippen LogP) is 3.56. The minimum absolute atomic E-state index is 0.0281. The second-order valence-corrected chi connectivity index (χ2v) is 6.35. The fraction of sp³-hybridized carbons (Fsp3) is 0.588. The molecule has 1 fully saturated rings. The number of para-hydroxylation sites is 1. The van der Waals surface area contributed by atoms with Crippen molar-refractivity contribution in [2.45, 2.75) is 58.1 Å². The average molecular weight is 275 g/mol. The molecule has 3 heteroatoms. The molecule has 0 aliphatic heterocycles. The number of Topliss-reactive ketones (excluding diaryl/α,β-unsaturated/α-hetero) is 1. The number of ether oxygens (including phenoxy) is 1. The fourth-order valence-electron chi connectivity index (χ4n) is 3.08. The lowest BCUT2D eigenvalue weighted by molar-refractivity contribution is 0.0813. The van der Waals surface area contributed by atoms with Crippen LogP contribution in [0.25, 0.3) is 0 Å². The maximum Gasteiger partial charge on any atom is 0.186 e. The highest BCUT2D eigenvalue weighted by Gasteiger charge is 2.39. The first-order valence-corrected chi connectivity index (χ1v) is 7.52. The van der Waals surface area contributed by atoms with Gasteiger partial charge in [0.15, 0.2) is 5.78 Å². The second kappa shape index (κ2) is 5.96. The van der Waals surface area contributed by atoms with Crippen LogP contribution >= 0.6 is 0 Å². The van der Waals surface area contributed by atoms with E-state index in [1.807, 2.05) is 38.1 Å². The molecule has 1 aliphatic carbocycles. The third-order valence-electron chi connectivity index (χ3n) is 3.98. The standard InChI is InChI=1S/C17H25NO2/c1-12(2)20-15-9-5-4-8-14(15)16(19)17(18)10-6-7-13(3)11-17/h4-5,8-9,12-13H,6-7,10-11,18H2,1-3H3. The van der Waals surface area contributed by atoms with Crippen molar-refractivity contribution in [3.05, 3.63) is 29.8 Å². The predicted molar refractivity (Wildman–Crippen MR) is 81.1 cm³/mol. The van der Waals surface area contributed by atoms with Gasteiger partial charge in [-0.2, -0.15) is 0 Å². The van der Waals surface area contributed by atoms with Crippen LogP contribution in [0.2, 0.25) is 0 Å². The largest absolute Gasteiger partial charge is 0.490 e. The molecule has 2 rings (SSSR count). The van der Waals surface area contributed by atoms with Gasteiger partial charge in [0.1, 0.15) is 5.75 Å². The molecule has 0 aromatic heterocycles. The summed E-state index contributed by atoms with van der Waals surface area (Å²) in [6.45, 7) is 6.09. The molecule has 2 unspecified atom stereocenters. The molecule has 0 saturated heterocycles. The summed E-state index contributed by atoms with van der Waals surface area (Å²) >= 11 is 0. The minimum atomic E-state index is -0.728. The van der Waals surface area contributed by atoms with Gasteiger partial charge in [-0.05, 0) is 44.7 Å². The lowest BCUT2D eigenvalue weighted by Crippen LogP contribution is -2.51. The van der Waals surface area contributed by atoms with Crippen molar-refractivity contribution < 1.29 is 9.53 Å². The molecule has 0 amide bonds. The van der Waals surface area contributed by atoms with E-state index < -0.39 is 5.54 Å². The van der Waals surface area contributed by atoms with E-state index in [-0.39, 0.29) is 11.9 Å². The average Bonchev–Trinajstić information content (AvgIpc) is 2.37. The van der Waals surface area contributed by atoms with Crippen LogP contribution in [-0.2, 0) is 0 Å². The summed E-state index contributed by atoms with van der Waals surface area (Å²) in [6.07, 6.45) is 3.77.